The minimum absolute atomic E-state index is 0.415. The van der Waals surface area contributed by atoms with Gasteiger partial charge in [0.05, 0.1) is 0 Å². The molecule has 0 amide bonds. The molecule has 0 aliphatic rings. The van der Waals surface area contributed by atoms with Crippen molar-refractivity contribution in [2.24, 2.45) is 0 Å². The van der Waals surface area contributed by atoms with E-state index in [-0.39, 0.29) is 0 Å². The molecule has 0 spiro atoms. The van der Waals surface area contributed by atoms with E-state index in [0.717, 1.165) is 25.7 Å². The predicted molar refractivity (Wildman–Crippen MR) is 108 cm³/mol. The highest BCUT2D eigenvalue weighted by Gasteiger charge is 2.17. The largest absolute Gasteiger partial charge is 0.511 e. The van der Waals surface area contributed by atoms with E-state index in [2.05, 4.69) is 9.68 Å². The Balaban J connectivity index is 3.71. The van der Waals surface area contributed by atoms with Gasteiger partial charge >= 0.3 is 6.16 Å². The number of alkyl halides is 2. The molecule has 176 valence electrons. The average Bonchev–Trinajstić information content (AvgIpc) is 2.59. The fraction of sp³-hybridized carbons (Fsp3) is 0.941. The number of hydrogen-bond acceptors (Lipinski definition) is 9. The second-order valence-corrected chi connectivity index (χ2v) is 7.83. The number of hydrogen-bond donors (Lipinski definition) is 0. The van der Waals surface area contributed by atoms with Gasteiger partial charge in [0, 0.05) is 0 Å². The second-order valence-electron chi connectivity index (χ2n) is 6.86. The molecule has 0 fully saturated rings. The quantitative estimate of drug-likeness (QED) is 0.0838. The Labute approximate surface area is 185 Å². The summed E-state index contributed by atoms with van der Waals surface area (Å²) < 4.78 is 9.85. The van der Waals surface area contributed by atoms with Crippen molar-refractivity contribution < 1.29 is 34.1 Å². The number of ether oxygens (including phenoxy) is 2. The van der Waals surface area contributed by atoms with Gasteiger partial charge in [-0.15, -0.1) is 20.2 Å². The third-order valence-electron chi connectivity index (χ3n) is 4.06. The summed E-state index contributed by atoms with van der Waals surface area (Å²) in [5.41, 5.74) is -1.70. The van der Waals surface area contributed by atoms with Gasteiger partial charge in [-0.2, -0.15) is 0 Å². The Hall–Kier alpha value is -1.75. The van der Waals surface area contributed by atoms with E-state index < -0.39 is 39.7 Å². The summed E-state index contributed by atoms with van der Waals surface area (Å²) in [5.74, 6) is 0. The van der Waals surface area contributed by atoms with Crippen LogP contribution in [0.15, 0.2) is 0 Å². The molecule has 13 heteroatoms. The second kappa shape index (κ2) is 17.0. The van der Waals surface area contributed by atoms with Gasteiger partial charge in [-0.3, -0.25) is 0 Å². The molecular formula is C17H30Cl2N2O9. The smallest absolute Gasteiger partial charge is 0.415 e. The van der Waals surface area contributed by atoms with Gasteiger partial charge in [-0.25, -0.2) is 4.79 Å². The summed E-state index contributed by atoms with van der Waals surface area (Å²) in [4.78, 5) is 40.8. The Morgan fingerprint density at radius 2 is 1.07 bits per heavy atom. The van der Waals surface area contributed by atoms with Crippen molar-refractivity contribution in [1.29, 1.82) is 0 Å². The standard InChI is InChI=1S/C17H30Cl2N2O9/c1-13(29-20(23)24)9-5-3-7-11-15(18)27-17(22)28-16(19)12-8-4-6-10-14(2)30-21(25)26/h13-16H,3-12H2,1-2H3/t13-,14-,15?,16?/m1/s1. The first kappa shape index (κ1) is 28.2. The molecule has 0 aromatic carbocycles. The first-order valence-corrected chi connectivity index (χ1v) is 10.7. The van der Waals surface area contributed by atoms with Crippen LogP contribution in [0, 0.1) is 20.2 Å². The van der Waals surface area contributed by atoms with Crippen LogP contribution in [0.25, 0.3) is 0 Å². The molecular weight excluding hydrogens is 447 g/mol. The lowest BCUT2D eigenvalue weighted by Crippen LogP contribution is -2.18. The lowest BCUT2D eigenvalue weighted by atomic mass is 10.1. The number of nitrogens with zero attached hydrogens (tertiary/aromatic N) is 2. The third-order valence-corrected chi connectivity index (χ3v) is 4.68. The first-order valence-electron chi connectivity index (χ1n) is 9.87. The normalized spacial score (nSPS) is 14.8. The molecule has 0 aliphatic heterocycles. The Morgan fingerprint density at radius 3 is 1.40 bits per heavy atom. The van der Waals surface area contributed by atoms with Gasteiger partial charge in [0.2, 0.25) is 0 Å². The van der Waals surface area contributed by atoms with E-state index in [4.69, 9.17) is 32.7 Å². The monoisotopic (exact) mass is 476 g/mol. The van der Waals surface area contributed by atoms with Gasteiger partial charge in [-0.1, -0.05) is 48.9 Å². The van der Waals surface area contributed by atoms with E-state index in [1.165, 1.54) is 0 Å². The average molecular weight is 477 g/mol. The van der Waals surface area contributed by atoms with Gasteiger partial charge in [0.1, 0.15) is 12.2 Å². The van der Waals surface area contributed by atoms with Crippen LogP contribution in [0.4, 0.5) is 4.79 Å². The van der Waals surface area contributed by atoms with Crippen LogP contribution >= 0.6 is 23.2 Å². The zero-order valence-corrected chi connectivity index (χ0v) is 18.7. The fourth-order valence-electron chi connectivity index (χ4n) is 2.58. The molecule has 0 aromatic rings. The van der Waals surface area contributed by atoms with Crippen LogP contribution in [0.5, 0.6) is 0 Å². The number of unbranched alkanes of at least 4 members (excludes halogenated alkanes) is 4. The molecule has 0 saturated heterocycles. The minimum Gasteiger partial charge on any atom is -0.415 e. The van der Waals surface area contributed by atoms with E-state index in [1.54, 1.807) is 13.8 Å². The molecule has 0 aliphatic carbocycles. The summed E-state index contributed by atoms with van der Waals surface area (Å²) in [5, 5.41) is 18.7. The lowest BCUT2D eigenvalue weighted by Gasteiger charge is -2.14. The SMILES string of the molecule is C[C@H](CCCCCC(Cl)OC(=O)OC(Cl)CCCCC[C@@H](C)O[N+](=O)[O-])O[N+](=O)[O-]. The molecule has 0 radical (unpaired) electrons. The van der Waals surface area contributed by atoms with Crippen molar-refractivity contribution in [1.82, 2.24) is 0 Å². The van der Waals surface area contributed by atoms with Crippen LogP contribution in [0.3, 0.4) is 0 Å². The number of carbonyl (C=O) groups is 1. The van der Waals surface area contributed by atoms with Gasteiger partial charge in [0.15, 0.2) is 11.1 Å². The molecule has 0 N–H and O–H groups in total. The molecule has 0 heterocycles. The Bertz CT molecular complexity index is 472. The number of carbonyl (C=O) groups excluding carboxylic acids is 1. The zero-order valence-electron chi connectivity index (χ0n) is 17.2. The van der Waals surface area contributed by atoms with Gasteiger partial charge in [-0.05, 0) is 52.4 Å². The Kier molecular flexibility index (Phi) is 16.0. The van der Waals surface area contributed by atoms with E-state index >= 15 is 0 Å². The van der Waals surface area contributed by atoms with Crippen molar-refractivity contribution >= 4 is 29.4 Å². The maximum Gasteiger partial charge on any atom is 0.511 e. The molecule has 0 saturated carbocycles. The van der Waals surface area contributed by atoms with E-state index in [9.17, 15) is 25.0 Å². The molecule has 11 nitrogen and oxygen atoms in total. The van der Waals surface area contributed by atoms with Crippen LogP contribution in [-0.4, -0.2) is 39.7 Å². The van der Waals surface area contributed by atoms with E-state index in [0.29, 0.717) is 38.5 Å². The van der Waals surface area contributed by atoms with Crippen molar-refractivity contribution in [3.63, 3.8) is 0 Å². The third kappa shape index (κ3) is 18.3. The van der Waals surface area contributed by atoms with Crippen molar-refractivity contribution in [2.75, 3.05) is 0 Å². The predicted octanol–water partition coefficient (Wildman–Crippen LogP) is 5.36. The first-order chi connectivity index (χ1) is 14.1. The minimum atomic E-state index is -0.948. The molecule has 30 heavy (non-hydrogen) atoms. The summed E-state index contributed by atoms with van der Waals surface area (Å²) in [7, 11) is 0. The van der Waals surface area contributed by atoms with Crippen LogP contribution in [0.2, 0.25) is 0 Å². The maximum absolute atomic E-state index is 11.7. The maximum atomic E-state index is 11.7. The number of halogens is 2. The van der Waals surface area contributed by atoms with Crippen LogP contribution in [-0.2, 0) is 19.1 Å². The van der Waals surface area contributed by atoms with Gasteiger partial charge in [0.25, 0.3) is 10.2 Å². The molecule has 0 aromatic heterocycles. The zero-order chi connectivity index (χ0) is 22.9. The highest BCUT2D eigenvalue weighted by atomic mass is 35.5. The molecule has 0 rings (SSSR count). The highest BCUT2D eigenvalue weighted by Crippen LogP contribution is 2.17. The summed E-state index contributed by atoms with van der Waals surface area (Å²) in [6.07, 6.45) is 4.38. The topological polar surface area (TPSA) is 140 Å². The van der Waals surface area contributed by atoms with Crippen molar-refractivity contribution in [3.05, 3.63) is 20.2 Å². The van der Waals surface area contributed by atoms with Crippen LogP contribution in [0.1, 0.15) is 78.1 Å². The van der Waals surface area contributed by atoms with Gasteiger partial charge < -0.3 is 19.1 Å². The van der Waals surface area contributed by atoms with Crippen LogP contribution < -0.4 is 0 Å². The fourth-order valence-corrected chi connectivity index (χ4v) is 3.03. The number of rotatable bonds is 18. The molecule has 2 unspecified atom stereocenters. The lowest BCUT2D eigenvalue weighted by molar-refractivity contribution is -0.767. The Morgan fingerprint density at radius 1 is 0.733 bits per heavy atom. The summed E-state index contributed by atoms with van der Waals surface area (Å²) in [6, 6.07) is 0. The van der Waals surface area contributed by atoms with E-state index in [1.807, 2.05) is 0 Å². The van der Waals surface area contributed by atoms with Crippen molar-refractivity contribution in [2.45, 2.75) is 101 Å². The molecule has 0 bridgehead atoms. The molecule has 4 atom stereocenters. The van der Waals surface area contributed by atoms with Crippen molar-refractivity contribution in [3.8, 4) is 0 Å². The summed E-state index contributed by atoms with van der Waals surface area (Å²) in [6.45, 7) is 3.25. The highest BCUT2D eigenvalue weighted by molar-refractivity contribution is 6.20. The summed E-state index contributed by atoms with van der Waals surface area (Å²) >= 11 is 11.9.